The molecule has 0 saturated heterocycles. The van der Waals surface area contributed by atoms with Crippen LogP contribution in [0.25, 0.3) is 22.6 Å². The Balaban J connectivity index is 2.07. The smallest absolute Gasteiger partial charge is 0.228 e. The normalized spacial score (nSPS) is 12.0. The van der Waals surface area contributed by atoms with Gasteiger partial charge in [0.05, 0.1) is 16.3 Å². The maximum atomic E-state index is 8.78. The molecule has 4 nitrogen and oxygen atoms in total. The molecular weight excluding hydrogens is 335 g/mol. The van der Waals surface area contributed by atoms with Crippen molar-refractivity contribution < 1.29 is 9.62 Å². The summed E-state index contributed by atoms with van der Waals surface area (Å²) < 4.78 is 5.93. The zero-order valence-corrected chi connectivity index (χ0v) is 13.9. The molecule has 118 valence electrons. The van der Waals surface area contributed by atoms with Gasteiger partial charge in [0.25, 0.3) is 0 Å². The number of aryl methyl sites for hydroxylation is 1. The fourth-order valence-corrected chi connectivity index (χ4v) is 2.82. The lowest BCUT2D eigenvalue weighted by Crippen LogP contribution is -1.95. The summed E-state index contributed by atoms with van der Waals surface area (Å²) in [6, 6.07) is 11.0. The number of benzene rings is 2. The van der Waals surface area contributed by atoms with Gasteiger partial charge in [0.15, 0.2) is 5.58 Å². The Morgan fingerprint density at radius 3 is 2.78 bits per heavy atom. The summed E-state index contributed by atoms with van der Waals surface area (Å²) in [7, 11) is 0. The van der Waals surface area contributed by atoms with Crippen LogP contribution >= 0.6 is 23.2 Å². The molecule has 3 aromatic rings. The Hall–Kier alpha value is -2.04. The molecule has 1 N–H and O–H groups in total. The van der Waals surface area contributed by atoms with Gasteiger partial charge in [0, 0.05) is 5.02 Å². The van der Waals surface area contributed by atoms with Crippen LogP contribution in [0.3, 0.4) is 0 Å². The van der Waals surface area contributed by atoms with Crippen molar-refractivity contribution in [3.05, 3.63) is 52.0 Å². The third kappa shape index (κ3) is 3.33. The number of hydrogen-bond donors (Lipinski definition) is 1. The Kier molecular flexibility index (Phi) is 4.55. The van der Waals surface area contributed by atoms with Gasteiger partial charge >= 0.3 is 0 Å². The second kappa shape index (κ2) is 6.60. The number of hydrogen-bond acceptors (Lipinski definition) is 4. The number of aromatic nitrogens is 1. The second-order valence-electron chi connectivity index (χ2n) is 5.25. The largest absolute Gasteiger partial charge is 0.436 e. The van der Waals surface area contributed by atoms with Gasteiger partial charge in [-0.05, 0) is 49.6 Å². The first kappa shape index (κ1) is 15.8. The molecular formula is C17H14Cl2N2O2. The van der Waals surface area contributed by atoms with Crippen molar-refractivity contribution in [3.63, 3.8) is 0 Å². The van der Waals surface area contributed by atoms with Gasteiger partial charge in [0.2, 0.25) is 5.89 Å². The fourth-order valence-electron chi connectivity index (χ4n) is 2.37. The van der Waals surface area contributed by atoms with Crippen LogP contribution in [0.15, 0.2) is 46.0 Å². The molecule has 23 heavy (non-hydrogen) atoms. The standard InChI is InChI=1S/C17H14Cl2N2O2/c1-10(21-22)6-7-11-8-12(18)9-15-16(11)23-17(20-15)13-4-2-3-5-14(13)19/h2-5,8-9,22H,6-7H2,1H3/b21-10-. The summed E-state index contributed by atoms with van der Waals surface area (Å²) in [6.07, 6.45) is 1.25. The Bertz CT molecular complexity index is 887. The Morgan fingerprint density at radius 2 is 2.04 bits per heavy atom. The van der Waals surface area contributed by atoms with Crippen molar-refractivity contribution >= 4 is 40.0 Å². The van der Waals surface area contributed by atoms with Gasteiger partial charge in [-0.3, -0.25) is 0 Å². The van der Waals surface area contributed by atoms with E-state index < -0.39 is 0 Å². The lowest BCUT2D eigenvalue weighted by molar-refractivity contribution is 0.317. The highest BCUT2D eigenvalue weighted by Gasteiger charge is 2.15. The van der Waals surface area contributed by atoms with Crippen molar-refractivity contribution in [1.29, 1.82) is 0 Å². The van der Waals surface area contributed by atoms with Crippen LogP contribution in [0.1, 0.15) is 18.9 Å². The van der Waals surface area contributed by atoms with E-state index in [1.54, 1.807) is 19.1 Å². The number of oxime groups is 1. The van der Waals surface area contributed by atoms with Crippen LogP contribution in [0.5, 0.6) is 0 Å². The fraction of sp³-hybridized carbons (Fsp3) is 0.176. The second-order valence-corrected chi connectivity index (χ2v) is 6.09. The zero-order chi connectivity index (χ0) is 16.4. The summed E-state index contributed by atoms with van der Waals surface area (Å²) in [5, 5.41) is 13.1. The van der Waals surface area contributed by atoms with Gasteiger partial charge in [-0.2, -0.15) is 0 Å². The van der Waals surface area contributed by atoms with Gasteiger partial charge in [-0.15, -0.1) is 0 Å². The van der Waals surface area contributed by atoms with E-state index in [0.29, 0.717) is 45.6 Å². The lowest BCUT2D eigenvalue weighted by atomic mass is 10.1. The van der Waals surface area contributed by atoms with E-state index in [1.165, 1.54) is 0 Å². The number of nitrogens with zero attached hydrogens (tertiary/aromatic N) is 2. The molecule has 0 aliphatic heterocycles. The highest BCUT2D eigenvalue weighted by atomic mass is 35.5. The van der Waals surface area contributed by atoms with E-state index >= 15 is 0 Å². The molecule has 0 amide bonds. The van der Waals surface area contributed by atoms with Crippen molar-refractivity contribution in [2.45, 2.75) is 19.8 Å². The Labute approximate surface area is 143 Å². The van der Waals surface area contributed by atoms with E-state index in [4.69, 9.17) is 32.8 Å². The van der Waals surface area contributed by atoms with E-state index in [-0.39, 0.29) is 0 Å². The predicted molar refractivity (Wildman–Crippen MR) is 92.7 cm³/mol. The van der Waals surface area contributed by atoms with Gasteiger partial charge in [-0.1, -0.05) is 40.5 Å². The van der Waals surface area contributed by atoms with Crippen LogP contribution < -0.4 is 0 Å². The molecule has 0 aliphatic rings. The third-order valence-electron chi connectivity index (χ3n) is 3.56. The van der Waals surface area contributed by atoms with Gasteiger partial charge < -0.3 is 9.62 Å². The molecule has 2 aromatic carbocycles. The lowest BCUT2D eigenvalue weighted by Gasteiger charge is -2.02. The van der Waals surface area contributed by atoms with E-state index in [0.717, 1.165) is 11.1 Å². The molecule has 1 aromatic heterocycles. The topological polar surface area (TPSA) is 58.6 Å². The van der Waals surface area contributed by atoms with Crippen LogP contribution in [0, 0.1) is 0 Å². The van der Waals surface area contributed by atoms with E-state index in [1.807, 2.05) is 24.3 Å². The SMILES string of the molecule is C/C(CCc1cc(Cl)cc2nc(-c3ccccc3Cl)oc12)=N/O. The first-order valence-electron chi connectivity index (χ1n) is 7.10. The molecule has 0 fully saturated rings. The quantitative estimate of drug-likeness (QED) is 0.380. The number of oxazole rings is 1. The van der Waals surface area contributed by atoms with Crippen molar-refractivity contribution in [2.24, 2.45) is 5.16 Å². The first-order valence-corrected chi connectivity index (χ1v) is 7.85. The molecule has 0 radical (unpaired) electrons. The molecule has 0 unspecified atom stereocenters. The number of halogens is 2. The number of fused-ring (bicyclic) bond motifs is 1. The molecule has 0 spiro atoms. The van der Waals surface area contributed by atoms with Crippen LogP contribution in [0.4, 0.5) is 0 Å². The molecule has 6 heteroatoms. The number of rotatable bonds is 4. The summed E-state index contributed by atoms with van der Waals surface area (Å²) in [5.41, 5.74) is 3.65. The minimum Gasteiger partial charge on any atom is -0.436 e. The van der Waals surface area contributed by atoms with Crippen LogP contribution in [0.2, 0.25) is 10.0 Å². The molecule has 0 aliphatic carbocycles. The van der Waals surface area contributed by atoms with Crippen molar-refractivity contribution in [1.82, 2.24) is 4.98 Å². The summed E-state index contributed by atoms with van der Waals surface area (Å²) >= 11 is 12.4. The highest BCUT2D eigenvalue weighted by Crippen LogP contribution is 2.33. The van der Waals surface area contributed by atoms with Crippen molar-refractivity contribution in [2.75, 3.05) is 0 Å². The third-order valence-corrected chi connectivity index (χ3v) is 4.11. The van der Waals surface area contributed by atoms with Crippen LogP contribution in [-0.2, 0) is 6.42 Å². The van der Waals surface area contributed by atoms with E-state index in [9.17, 15) is 0 Å². The molecule has 1 heterocycles. The van der Waals surface area contributed by atoms with Gasteiger partial charge in [-0.25, -0.2) is 4.98 Å². The van der Waals surface area contributed by atoms with E-state index in [2.05, 4.69) is 10.1 Å². The minimum atomic E-state index is 0.460. The summed E-state index contributed by atoms with van der Waals surface area (Å²) in [5.74, 6) is 0.460. The average molecular weight is 349 g/mol. The molecule has 0 saturated carbocycles. The highest BCUT2D eigenvalue weighted by molar-refractivity contribution is 6.33. The maximum absolute atomic E-state index is 8.78. The Morgan fingerprint density at radius 1 is 1.26 bits per heavy atom. The molecule has 0 bridgehead atoms. The van der Waals surface area contributed by atoms with Crippen LogP contribution in [-0.4, -0.2) is 15.9 Å². The average Bonchev–Trinajstić information content (AvgIpc) is 2.96. The molecule has 3 rings (SSSR count). The maximum Gasteiger partial charge on any atom is 0.228 e. The predicted octanol–water partition coefficient (Wildman–Crippen LogP) is 5.58. The summed E-state index contributed by atoms with van der Waals surface area (Å²) in [4.78, 5) is 4.50. The minimum absolute atomic E-state index is 0.460. The summed E-state index contributed by atoms with van der Waals surface area (Å²) in [6.45, 7) is 1.76. The van der Waals surface area contributed by atoms with Gasteiger partial charge in [0.1, 0.15) is 5.52 Å². The first-order chi connectivity index (χ1) is 11.1. The molecule has 0 atom stereocenters. The zero-order valence-electron chi connectivity index (χ0n) is 12.4. The van der Waals surface area contributed by atoms with Crippen molar-refractivity contribution in [3.8, 4) is 11.5 Å². The monoisotopic (exact) mass is 348 g/mol.